The van der Waals surface area contributed by atoms with E-state index in [1.807, 2.05) is 0 Å². The van der Waals surface area contributed by atoms with E-state index >= 15 is 0 Å². The van der Waals surface area contributed by atoms with Gasteiger partial charge in [0.2, 0.25) is 0 Å². The van der Waals surface area contributed by atoms with Crippen LogP contribution in [0.1, 0.15) is 24.6 Å². The van der Waals surface area contributed by atoms with Gasteiger partial charge in [-0.3, -0.25) is 0 Å². The zero-order chi connectivity index (χ0) is 12.1. The molecule has 1 atom stereocenters. The van der Waals surface area contributed by atoms with Crippen molar-refractivity contribution in [3.05, 3.63) is 47.7 Å². The molecule has 0 fully saturated rings. The molecule has 1 aromatic heterocycles. The molecule has 2 aromatic carbocycles. The van der Waals surface area contributed by atoms with Crippen LogP contribution in [0.3, 0.4) is 0 Å². The molecule has 1 heterocycles. The highest BCUT2D eigenvalue weighted by Gasteiger charge is 2.20. The molecule has 0 saturated heterocycles. The molecule has 1 aliphatic carbocycles. The Hall–Kier alpha value is -1.76. The largest absolute Gasteiger partial charge is 0.358 e. The first-order valence-corrected chi connectivity index (χ1v) is 6.84. The van der Waals surface area contributed by atoms with Crippen LogP contribution >= 0.6 is 0 Å². The number of nitrogens with one attached hydrogen (secondary N) is 1. The summed E-state index contributed by atoms with van der Waals surface area (Å²) in [5.74, 6) is 0.815. The van der Waals surface area contributed by atoms with Crippen molar-refractivity contribution < 1.29 is 0 Å². The maximum absolute atomic E-state index is 3.63. The second-order valence-electron chi connectivity index (χ2n) is 5.64. The number of hydrogen-bond acceptors (Lipinski definition) is 0. The van der Waals surface area contributed by atoms with Gasteiger partial charge >= 0.3 is 0 Å². The molecule has 1 aliphatic rings. The third-order valence-electron chi connectivity index (χ3n) is 4.32. The lowest BCUT2D eigenvalue weighted by Crippen LogP contribution is -2.09. The molecule has 0 amide bonds. The Balaban J connectivity index is 2.14. The van der Waals surface area contributed by atoms with E-state index in [-0.39, 0.29) is 0 Å². The van der Waals surface area contributed by atoms with Gasteiger partial charge in [-0.05, 0) is 47.6 Å². The minimum Gasteiger partial charge on any atom is -0.358 e. The summed E-state index contributed by atoms with van der Waals surface area (Å²) >= 11 is 0. The van der Waals surface area contributed by atoms with Crippen molar-refractivity contribution >= 4 is 21.7 Å². The molecule has 4 rings (SSSR count). The van der Waals surface area contributed by atoms with Crippen molar-refractivity contribution in [2.75, 3.05) is 0 Å². The first-order chi connectivity index (χ1) is 8.83. The van der Waals surface area contributed by atoms with E-state index in [1.54, 1.807) is 5.56 Å². The van der Waals surface area contributed by atoms with Gasteiger partial charge in [-0.2, -0.15) is 0 Å². The van der Waals surface area contributed by atoms with Gasteiger partial charge in [0.15, 0.2) is 0 Å². The molecule has 1 heteroatoms. The first kappa shape index (κ1) is 10.2. The molecule has 1 N–H and O–H groups in total. The number of rotatable bonds is 0. The highest BCUT2D eigenvalue weighted by atomic mass is 14.7. The minimum absolute atomic E-state index is 0.815. The Morgan fingerprint density at radius 3 is 2.94 bits per heavy atom. The standard InChI is InChI=1S/C17H17N/c1-11-6-8-15-14(10-11)17-13-5-3-2-4-12(13)7-9-16(17)18-15/h2-5,7,9,11,18H,6,8,10H2,1H3/t11-/m1/s1. The van der Waals surface area contributed by atoms with E-state index in [4.69, 9.17) is 0 Å². The van der Waals surface area contributed by atoms with Gasteiger partial charge in [0.25, 0.3) is 0 Å². The maximum Gasteiger partial charge on any atom is 0.0465 e. The third-order valence-corrected chi connectivity index (χ3v) is 4.32. The van der Waals surface area contributed by atoms with Crippen molar-refractivity contribution in [2.24, 2.45) is 5.92 Å². The Morgan fingerprint density at radius 1 is 1.11 bits per heavy atom. The Bertz CT molecular complexity index is 736. The first-order valence-electron chi connectivity index (χ1n) is 6.84. The molecule has 0 saturated carbocycles. The zero-order valence-corrected chi connectivity index (χ0v) is 10.7. The number of aryl methyl sites for hydroxylation is 1. The highest BCUT2D eigenvalue weighted by Crippen LogP contribution is 2.35. The van der Waals surface area contributed by atoms with E-state index < -0.39 is 0 Å². The summed E-state index contributed by atoms with van der Waals surface area (Å²) < 4.78 is 0. The normalized spacial score (nSPS) is 19.3. The van der Waals surface area contributed by atoms with Gasteiger partial charge in [0.05, 0.1) is 0 Å². The molecule has 0 bridgehead atoms. The molecule has 18 heavy (non-hydrogen) atoms. The van der Waals surface area contributed by atoms with Crippen LogP contribution in [-0.4, -0.2) is 4.98 Å². The van der Waals surface area contributed by atoms with Gasteiger partial charge in [-0.15, -0.1) is 0 Å². The number of aromatic nitrogens is 1. The molecular formula is C17H17N. The lowest BCUT2D eigenvalue weighted by Gasteiger charge is -2.18. The molecule has 0 spiro atoms. The average Bonchev–Trinajstić information content (AvgIpc) is 2.77. The van der Waals surface area contributed by atoms with Gasteiger partial charge in [0.1, 0.15) is 0 Å². The van der Waals surface area contributed by atoms with Crippen LogP contribution in [-0.2, 0) is 12.8 Å². The van der Waals surface area contributed by atoms with Gasteiger partial charge in [-0.1, -0.05) is 37.3 Å². The van der Waals surface area contributed by atoms with Crippen LogP contribution in [0.4, 0.5) is 0 Å². The summed E-state index contributed by atoms with van der Waals surface area (Å²) in [4.78, 5) is 3.63. The van der Waals surface area contributed by atoms with Gasteiger partial charge in [-0.25, -0.2) is 0 Å². The summed E-state index contributed by atoms with van der Waals surface area (Å²) in [5, 5.41) is 4.22. The predicted molar refractivity (Wildman–Crippen MR) is 77.0 cm³/mol. The fourth-order valence-corrected chi connectivity index (χ4v) is 3.37. The van der Waals surface area contributed by atoms with Crippen molar-refractivity contribution in [1.82, 2.24) is 4.98 Å². The predicted octanol–water partition coefficient (Wildman–Crippen LogP) is 4.45. The second-order valence-corrected chi connectivity index (χ2v) is 5.64. The molecule has 3 aromatic rings. The van der Waals surface area contributed by atoms with Crippen molar-refractivity contribution in [3.63, 3.8) is 0 Å². The molecule has 0 radical (unpaired) electrons. The van der Waals surface area contributed by atoms with E-state index in [0.29, 0.717) is 0 Å². The van der Waals surface area contributed by atoms with Crippen molar-refractivity contribution in [3.8, 4) is 0 Å². The summed E-state index contributed by atoms with van der Waals surface area (Å²) in [6, 6.07) is 13.2. The minimum atomic E-state index is 0.815. The van der Waals surface area contributed by atoms with Crippen molar-refractivity contribution in [1.29, 1.82) is 0 Å². The topological polar surface area (TPSA) is 15.8 Å². The average molecular weight is 235 g/mol. The van der Waals surface area contributed by atoms with Gasteiger partial charge in [0, 0.05) is 16.6 Å². The monoisotopic (exact) mass is 235 g/mol. The van der Waals surface area contributed by atoms with E-state index in [2.05, 4.69) is 48.3 Å². The van der Waals surface area contributed by atoms with Crippen LogP contribution in [0, 0.1) is 5.92 Å². The lowest BCUT2D eigenvalue weighted by molar-refractivity contribution is 0.500. The van der Waals surface area contributed by atoms with Crippen LogP contribution in [0.25, 0.3) is 21.7 Å². The highest BCUT2D eigenvalue weighted by molar-refractivity contribution is 6.08. The molecule has 1 nitrogen and oxygen atoms in total. The second kappa shape index (κ2) is 3.61. The number of fused-ring (bicyclic) bond motifs is 5. The number of aromatic amines is 1. The Kier molecular flexibility index (Phi) is 2.05. The maximum atomic E-state index is 3.63. The SMILES string of the molecule is C[C@@H]1CCc2[nH]c3ccc4ccccc4c3c2C1. The number of benzene rings is 2. The van der Waals surface area contributed by atoms with E-state index in [1.165, 1.54) is 46.6 Å². The summed E-state index contributed by atoms with van der Waals surface area (Å²) in [6.07, 6.45) is 3.75. The fourth-order valence-electron chi connectivity index (χ4n) is 3.37. The fraction of sp³-hybridized carbons (Fsp3) is 0.294. The lowest BCUT2D eigenvalue weighted by atomic mass is 9.87. The van der Waals surface area contributed by atoms with Gasteiger partial charge < -0.3 is 4.98 Å². The number of hydrogen-bond donors (Lipinski definition) is 1. The molecular weight excluding hydrogens is 218 g/mol. The smallest absolute Gasteiger partial charge is 0.0465 e. The van der Waals surface area contributed by atoms with Crippen LogP contribution in [0.5, 0.6) is 0 Å². The molecule has 90 valence electrons. The Labute approximate surface area is 107 Å². The van der Waals surface area contributed by atoms with E-state index in [0.717, 1.165) is 5.92 Å². The van der Waals surface area contributed by atoms with Crippen LogP contribution in [0.15, 0.2) is 36.4 Å². The quantitative estimate of drug-likeness (QED) is 0.592. The number of H-pyrrole nitrogens is 1. The summed E-state index contributed by atoms with van der Waals surface area (Å²) in [5.41, 5.74) is 4.35. The summed E-state index contributed by atoms with van der Waals surface area (Å²) in [6.45, 7) is 2.37. The van der Waals surface area contributed by atoms with Crippen molar-refractivity contribution in [2.45, 2.75) is 26.2 Å². The zero-order valence-electron chi connectivity index (χ0n) is 10.7. The Morgan fingerprint density at radius 2 is 2.00 bits per heavy atom. The van der Waals surface area contributed by atoms with Crippen LogP contribution in [0.2, 0.25) is 0 Å². The van der Waals surface area contributed by atoms with E-state index in [9.17, 15) is 0 Å². The molecule has 0 aliphatic heterocycles. The molecule has 0 unspecified atom stereocenters. The third kappa shape index (κ3) is 1.34. The summed E-state index contributed by atoms with van der Waals surface area (Å²) in [7, 11) is 0. The van der Waals surface area contributed by atoms with Crippen LogP contribution < -0.4 is 0 Å².